The standard InChI is InChI=1S/C10H14BrNOS/c11-9-3-2-8(14-9)6-10(7-13)4-1-5-12-10/h2-3,12-13H,1,4-7H2. The molecule has 1 atom stereocenters. The minimum atomic E-state index is -0.0513. The molecule has 1 unspecified atom stereocenters. The van der Waals surface area contributed by atoms with Crippen molar-refractivity contribution in [3.63, 3.8) is 0 Å². The summed E-state index contributed by atoms with van der Waals surface area (Å²) in [4.78, 5) is 1.33. The molecule has 78 valence electrons. The van der Waals surface area contributed by atoms with E-state index in [-0.39, 0.29) is 12.1 Å². The van der Waals surface area contributed by atoms with Gasteiger partial charge in [-0.05, 0) is 47.4 Å². The Morgan fingerprint density at radius 1 is 1.57 bits per heavy atom. The van der Waals surface area contributed by atoms with Crippen LogP contribution in [0.15, 0.2) is 15.9 Å². The molecule has 0 radical (unpaired) electrons. The smallest absolute Gasteiger partial charge is 0.0701 e. The second-order valence-corrected chi connectivity index (χ2v) is 6.40. The maximum absolute atomic E-state index is 9.42. The van der Waals surface area contributed by atoms with Crippen LogP contribution in [0.4, 0.5) is 0 Å². The van der Waals surface area contributed by atoms with Crippen LogP contribution in [-0.2, 0) is 6.42 Å². The van der Waals surface area contributed by atoms with Gasteiger partial charge in [-0.25, -0.2) is 0 Å². The summed E-state index contributed by atoms with van der Waals surface area (Å²) < 4.78 is 1.17. The van der Waals surface area contributed by atoms with E-state index >= 15 is 0 Å². The first-order valence-electron chi connectivity index (χ1n) is 4.84. The number of aliphatic hydroxyl groups excluding tert-OH is 1. The first-order chi connectivity index (χ1) is 6.74. The van der Waals surface area contributed by atoms with Gasteiger partial charge in [0.25, 0.3) is 0 Å². The molecule has 1 aromatic heterocycles. The van der Waals surface area contributed by atoms with Gasteiger partial charge >= 0.3 is 0 Å². The molecule has 0 aliphatic carbocycles. The summed E-state index contributed by atoms with van der Waals surface area (Å²) >= 11 is 5.21. The van der Waals surface area contributed by atoms with Crippen molar-refractivity contribution in [1.29, 1.82) is 0 Å². The van der Waals surface area contributed by atoms with E-state index in [9.17, 15) is 5.11 Å². The van der Waals surface area contributed by atoms with Crippen molar-refractivity contribution in [3.8, 4) is 0 Å². The zero-order valence-electron chi connectivity index (χ0n) is 7.92. The third-order valence-electron chi connectivity index (χ3n) is 2.78. The first-order valence-corrected chi connectivity index (χ1v) is 6.45. The molecule has 1 aliphatic rings. The highest BCUT2D eigenvalue weighted by Gasteiger charge is 2.33. The predicted molar refractivity (Wildman–Crippen MR) is 62.8 cm³/mol. The fraction of sp³-hybridized carbons (Fsp3) is 0.600. The third-order valence-corrected chi connectivity index (χ3v) is 4.40. The van der Waals surface area contributed by atoms with Gasteiger partial charge in [-0.2, -0.15) is 0 Å². The van der Waals surface area contributed by atoms with Crippen LogP contribution in [0, 0.1) is 0 Å². The van der Waals surface area contributed by atoms with Crippen LogP contribution in [-0.4, -0.2) is 23.8 Å². The van der Waals surface area contributed by atoms with Crippen LogP contribution in [0.5, 0.6) is 0 Å². The Kier molecular flexibility index (Phi) is 3.27. The van der Waals surface area contributed by atoms with Gasteiger partial charge < -0.3 is 10.4 Å². The van der Waals surface area contributed by atoms with E-state index < -0.39 is 0 Å². The molecule has 0 amide bonds. The molecule has 1 aromatic rings. The van der Waals surface area contributed by atoms with Crippen molar-refractivity contribution in [2.75, 3.05) is 13.2 Å². The molecule has 0 saturated carbocycles. The summed E-state index contributed by atoms with van der Waals surface area (Å²) in [5, 5.41) is 12.8. The summed E-state index contributed by atoms with van der Waals surface area (Å²) in [6.45, 7) is 1.27. The molecule has 2 rings (SSSR count). The Bertz CT molecular complexity index is 307. The summed E-state index contributed by atoms with van der Waals surface area (Å²) in [5.41, 5.74) is -0.0513. The normalized spacial score (nSPS) is 27.0. The number of nitrogens with one attached hydrogen (secondary N) is 1. The largest absolute Gasteiger partial charge is 0.394 e. The quantitative estimate of drug-likeness (QED) is 0.886. The van der Waals surface area contributed by atoms with Gasteiger partial charge in [0.1, 0.15) is 0 Å². The average Bonchev–Trinajstić information content (AvgIpc) is 2.77. The predicted octanol–water partition coefficient (Wildman–Crippen LogP) is 2.17. The molecule has 2 N–H and O–H groups in total. The maximum atomic E-state index is 9.42. The second kappa shape index (κ2) is 4.31. The Labute approximate surface area is 96.5 Å². The monoisotopic (exact) mass is 275 g/mol. The van der Waals surface area contributed by atoms with E-state index in [4.69, 9.17) is 0 Å². The van der Waals surface area contributed by atoms with E-state index in [2.05, 4.69) is 33.4 Å². The molecule has 0 bridgehead atoms. The number of rotatable bonds is 3. The Balaban J connectivity index is 2.08. The van der Waals surface area contributed by atoms with Crippen molar-refractivity contribution in [3.05, 3.63) is 20.8 Å². The lowest BCUT2D eigenvalue weighted by Gasteiger charge is -2.26. The van der Waals surface area contributed by atoms with E-state index in [0.717, 1.165) is 19.4 Å². The van der Waals surface area contributed by atoms with Gasteiger partial charge in [0.05, 0.1) is 10.4 Å². The molecule has 4 heteroatoms. The van der Waals surface area contributed by atoms with Crippen molar-refractivity contribution in [2.45, 2.75) is 24.8 Å². The summed E-state index contributed by atoms with van der Waals surface area (Å²) in [7, 11) is 0. The van der Waals surface area contributed by atoms with Crippen LogP contribution in [0.1, 0.15) is 17.7 Å². The minimum absolute atomic E-state index is 0.0513. The van der Waals surface area contributed by atoms with Crippen molar-refractivity contribution in [2.24, 2.45) is 0 Å². The molecule has 1 fully saturated rings. The fourth-order valence-electron chi connectivity index (χ4n) is 1.99. The van der Waals surface area contributed by atoms with Gasteiger partial charge in [-0.3, -0.25) is 0 Å². The fourth-order valence-corrected chi connectivity index (χ4v) is 3.62. The van der Waals surface area contributed by atoms with E-state index in [0.29, 0.717) is 0 Å². The van der Waals surface area contributed by atoms with Gasteiger partial charge in [-0.15, -0.1) is 11.3 Å². The third kappa shape index (κ3) is 2.19. The van der Waals surface area contributed by atoms with E-state index in [1.807, 2.05) is 0 Å². The summed E-state index contributed by atoms with van der Waals surface area (Å²) in [5.74, 6) is 0. The Morgan fingerprint density at radius 2 is 2.43 bits per heavy atom. The number of hydrogen-bond donors (Lipinski definition) is 2. The van der Waals surface area contributed by atoms with Gasteiger partial charge in [0.2, 0.25) is 0 Å². The molecule has 2 heterocycles. The van der Waals surface area contributed by atoms with Gasteiger partial charge in [0, 0.05) is 16.8 Å². The second-order valence-electron chi connectivity index (χ2n) is 3.85. The lowest BCUT2D eigenvalue weighted by Crippen LogP contribution is -2.45. The van der Waals surface area contributed by atoms with Crippen LogP contribution < -0.4 is 5.32 Å². The molecular weight excluding hydrogens is 262 g/mol. The Morgan fingerprint density at radius 3 is 2.93 bits per heavy atom. The highest BCUT2D eigenvalue weighted by molar-refractivity contribution is 9.11. The van der Waals surface area contributed by atoms with Crippen LogP contribution in [0.3, 0.4) is 0 Å². The van der Waals surface area contributed by atoms with Crippen LogP contribution >= 0.6 is 27.3 Å². The Hall–Kier alpha value is 0.1000. The van der Waals surface area contributed by atoms with Crippen molar-refractivity contribution >= 4 is 27.3 Å². The topological polar surface area (TPSA) is 32.3 Å². The van der Waals surface area contributed by atoms with Gasteiger partial charge in [-0.1, -0.05) is 0 Å². The molecule has 1 aliphatic heterocycles. The first kappa shape index (κ1) is 10.6. The van der Waals surface area contributed by atoms with E-state index in [1.165, 1.54) is 15.1 Å². The summed E-state index contributed by atoms with van der Waals surface area (Å²) in [6.07, 6.45) is 3.20. The van der Waals surface area contributed by atoms with Crippen molar-refractivity contribution < 1.29 is 5.11 Å². The van der Waals surface area contributed by atoms with Crippen LogP contribution in [0.25, 0.3) is 0 Å². The minimum Gasteiger partial charge on any atom is -0.394 e. The van der Waals surface area contributed by atoms with E-state index in [1.54, 1.807) is 11.3 Å². The van der Waals surface area contributed by atoms with Gasteiger partial charge in [0.15, 0.2) is 0 Å². The van der Waals surface area contributed by atoms with Crippen molar-refractivity contribution in [1.82, 2.24) is 5.32 Å². The number of aliphatic hydroxyl groups is 1. The summed E-state index contributed by atoms with van der Waals surface area (Å²) in [6, 6.07) is 4.20. The van der Waals surface area contributed by atoms with Crippen LogP contribution in [0.2, 0.25) is 0 Å². The zero-order valence-corrected chi connectivity index (χ0v) is 10.3. The highest BCUT2D eigenvalue weighted by atomic mass is 79.9. The molecule has 2 nitrogen and oxygen atoms in total. The number of hydrogen-bond acceptors (Lipinski definition) is 3. The molecule has 0 aromatic carbocycles. The number of thiophene rings is 1. The zero-order chi connectivity index (χ0) is 10.0. The molecule has 14 heavy (non-hydrogen) atoms. The average molecular weight is 276 g/mol. The molecule has 0 spiro atoms. The maximum Gasteiger partial charge on any atom is 0.0701 e. The molecular formula is C10H14BrNOS. The number of halogens is 1. The lowest BCUT2D eigenvalue weighted by atomic mass is 9.94. The SMILES string of the molecule is OCC1(Cc2ccc(Br)s2)CCCN1. The molecule has 1 saturated heterocycles. The lowest BCUT2D eigenvalue weighted by molar-refractivity contribution is 0.178. The highest BCUT2D eigenvalue weighted by Crippen LogP contribution is 2.29.